The van der Waals surface area contributed by atoms with E-state index in [-0.39, 0.29) is 5.56 Å². The second-order valence-corrected chi connectivity index (χ2v) is 6.79. The molecule has 0 spiro atoms. The Morgan fingerprint density at radius 2 is 1.70 bits per heavy atom. The number of hydrogen-bond acceptors (Lipinski definition) is 2. The summed E-state index contributed by atoms with van der Waals surface area (Å²) >= 11 is 5.95. The van der Waals surface area contributed by atoms with Gasteiger partial charge in [-0.25, -0.2) is 4.98 Å². The maximum Gasteiger partial charge on any atom is 0.266 e. The molecule has 4 rings (SSSR count). The minimum Gasteiger partial charge on any atom is -0.268 e. The summed E-state index contributed by atoms with van der Waals surface area (Å²) in [4.78, 5) is 17.9. The maximum absolute atomic E-state index is 13.2. The third-order valence-electron chi connectivity index (χ3n) is 4.36. The molecule has 0 N–H and O–H groups in total. The number of aryl methyl sites for hydroxylation is 1. The van der Waals surface area contributed by atoms with Gasteiger partial charge in [0, 0.05) is 5.02 Å². The molecule has 0 unspecified atom stereocenters. The molecule has 0 bridgehead atoms. The first-order chi connectivity index (χ1) is 13.1. The highest BCUT2D eigenvalue weighted by Crippen LogP contribution is 2.17. The van der Waals surface area contributed by atoms with Gasteiger partial charge in [0.05, 0.1) is 16.6 Å². The summed E-state index contributed by atoms with van der Waals surface area (Å²) in [5, 5.41) is 1.29. The third kappa shape index (κ3) is 3.55. The summed E-state index contributed by atoms with van der Waals surface area (Å²) in [6.07, 6.45) is 3.79. The first kappa shape index (κ1) is 17.3. The molecule has 0 fully saturated rings. The average molecular weight is 373 g/mol. The Bertz CT molecular complexity index is 1210. The second-order valence-electron chi connectivity index (χ2n) is 6.35. The van der Waals surface area contributed by atoms with Crippen LogP contribution in [0.15, 0.2) is 77.6 Å². The predicted octanol–water partition coefficient (Wildman–Crippen LogP) is 5.52. The monoisotopic (exact) mass is 372 g/mol. The number of nitrogens with zero attached hydrogens (tertiary/aromatic N) is 2. The summed E-state index contributed by atoms with van der Waals surface area (Å²) in [6, 6.07) is 22.8. The highest BCUT2D eigenvalue weighted by atomic mass is 35.5. The zero-order valence-electron chi connectivity index (χ0n) is 14.8. The van der Waals surface area contributed by atoms with E-state index in [9.17, 15) is 4.79 Å². The fourth-order valence-electron chi connectivity index (χ4n) is 3.02. The first-order valence-electron chi connectivity index (χ1n) is 8.64. The SMILES string of the molecule is Cc1cccc(-n2c(/C=C/c3ccc(Cl)cc3)nc3ccccc3c2=O)c1. The van der Waals surface area contributed by atoms with Crippen LogP contribution >= 0.6 is 11.6 Å². The van der Waals surface area contributed by atoms with Gasteiger partial charge in [0.15, 0.2) is 0 Å². The molecule has 0 aliphatic rings. The molecule has 0 atom stereocenters. The van der Waals surface area contributed by atoms with Gasteiger partial charge < -0.3 is 0 Å². The van der Waals surface area contributed by atoms with Crippen LogP contribution in [0.1, 0.15) is 17.0 Å². The number of benzene rings is 3. The lowest BCUT2D eigenvalue weighted by Crippen LogP contribution is -2.22. The minimum atomic E-state index is -0.0815. The van der Waals surface area contributed by atoms with Gasteiger partial charge in [-0.15, -0.1) is 0 Å². The summed E-state index contributed by atoms with van der Waals surface area (Å²) in [5.74, 6) is 0.583. The average Bonchev–Trinajstić information content (AvgIpc) is 2.68. The molecule has 0 amide bonds. The Balaban J connectivity index is 1.93. The highest BCUT2D eigenvalue weighted by Gasteiger charge is 2.11. The molecule has 0 saturated carbocycles. The lowest BCUT2D eigenvalue weighted by atomic mass is 10.2. The van der Waals surface area contributed by atoms with E-state index >= 15 is 0 Å². The smallest absolute Gasteiger partial charge is 0.266 e. The standard InChI is InChI=1S/C23H17ClN2O/c1-16-5-4-6-19(15-16)26-22(14-11-17-9-12-18(24)13-10-17)25-21-8-3-2-7-20(21)23(26)27/h2-15H,1H3/b14-11+. The molecular weight excluding hydrogens is 356 g/mol. The molecule has 27 heavy (non-hydrogen) atoms. The largest absolute Gasteiger partial charge is 0.268 e. The van der Waals surface area contributed by atoms with E-state index in [1.54, 1.807) is 4.57 Å². The fourth-order valence-corrected chi connectivity index (χ4v) is 3.15. The predicted molar refractivity (Wildman–Crippen MR) is 112 cm³/mol. The number of rotatable bonds is 3. The Kier molecular flexibility index (Phi) is 4.61. The molecule has 0 radical (unpaired) electrons. The van der Waals surface area contributed by atoms with Gasteiger partial charge in [0.2, 0.25) is 0 Å². The lowest BCUT2D eigenvalue weighted by molar-refractivity contribution is 0.942. The lowest BCUT2D eigenvalue weighted by Gasteiger charge is -2.12. The van der Waals surface area contributed by atoms with Crippen molar-refractivity contribution in [1.82, 2.24) is 9.55 Å². The van der Waals surface area contributed by atoms with Gasteiger partial charge in [0.25, 0.3) is 5.56 Å². The van der Waals surface area contributed by atoms with Crippen molar-refractivity contribution in [2.45, 2.75) is 6.92 Å². The van der Waals surface area contributed by atoms with Gasteiger partial charge in [-0.05, 0) is 60.5 Å². The molecule has 3 aromatic carbocycles. The van der Waals surface area contributed by atoms with E-state index < -0.39 is 0 Å². The van der Waals surface area contributed by atoms with Gasteiger partial charge >= 0.3 is 0 Å². The normalized spacial score (nSPS) is 11.3. The van der Waals surface area contributed by atoms with E-state index in [4.69, 9.17) is 16.6 Å². The van der Waals surface area contributed by atoms with Crippen LogP contribution in [-0.4, -0.2) is 9.55 Å². The quantitative estimate of drug-likeness (QED) is 0.474. The van der Waals surface area contributed by atoms with Crippen LogP contribution in [0.2, 0.25) is 5.02 Å². The van der Waals surface area contributed by atoms with Gasteiger partial charge in [-0.1, -0.05) is 54.1 Å². The van der Waals surface area contributed by atoms with E-state index in [0.717, 1.165) is 16.8 Å². The van der Waals surface area contributed by atoms with Crippen molar-refractivity contribution in [3.63, 3.8) is 0 Å². The first-order valence-corrected chi connectivity index (χ1v) is 9.02. The van der Waals surface area contributed by atoms with Crippen LogP contribution in [0.25, 0.3) is 28.7 Å². The molecule has 4 aromatic rings. The van der Waals surface area contributed by atoms with E-state index in [1.165, 1.54) is 0 Å². The van der Waals surface area contributed by atoms with Crippen LogP contribution in [0.3, 0.4) is 0 Å². The Hall–Kier alpha value is -3.17. The summed E-state index contributed by atoms with van der Waals surface area (Å²) in [6.45, 7) is 2.01. The van der Waals surface area contributed by atoms with Gasteiger partial charge in [0.1, 0.15) is 5.82 Å². The Morgan fingerprint density at radius 1 is 0.926 bits per heavy atom. The van der Waals surface area contributed by atoms with Crippen LogP contribution < -0.4 is 5.56 Å². The van der Waals surface area contributed by atoms with Crippen LogP contribution in [0, 0.1) is 6.92 Å². The maximum atomic E-state index is 13.2. The van der Waals surface area contributed by atoms with Crippen molar-refractivity contribution in [1.29, 1.82) is 0 Å². The molecule has 1 aromatic heterocycles. The van der Waals surface area contributed by atoms with Gasteiger partial charge in [-0.3, -0.25) is 9.36 Å². The summed E-state index contributed by atoms with van der Waals surface area (Å²) < 4.78 is 1.65. The molecule has 0 saturated heterocycles. The Labute approximate surface area is 162 Å². The summed E-state index contributed by atoms with van der Waals surface area (Å²) in [7, 11) is 0. The topological polar surface area (TPSA) is 34.9 Å². The minimum absolute atomic E-state index is 0.0815. The van der Waals surface area contributed by atoms with Crippen molar-refractivity contribution in [2.75, 3.05) is 0 Å². The number of halogens is 1. The zero-order valence-corrected chi connectivity index (χ0v) is 15.5. The molecule has 0 aliphatic carbocycles. The van der Waals surface area contributed by atoms with Crippen molar-refractivity contribution >= 4 is 34.7 Å². The van der Waals surface area contributed by atoms with Crippen molar-refractivity contribution < 1.29 is 0 Å². The van der Waals surface area contributed by atoms with Gasteiger partial charge in [-0.2, -0.15) is 0 Å². The van der Waals surface area contributed by atoms with Crippen LogP contribution in [0.5, 0.6) is 0 Å². The second kappa shape index (κ2) is 7.22. The molecule has 4 heteroatoms. The number of fused-ring (bicyclic) bond motifs is 1. The number of para-hydroxylation sites is 1. The van der Waals surface area contributed by atoms with Crippen LogP contribution in [0.4, 0.5) is 0 Å². The molecule has 3 nitrogen and oxygen atoms in total. The van der Waals surface area contributed by atoms with Crippen molar-refractivity contribution in [2.24, 2.45) is 0 Å². The van der Waals surface area contributed by atoms with E-state index in [2.05, 4.69) is 0 Å². The van der Waals surface area contributed by atoms with Crippen molar-refractivity contribution in [3.8, 4) is 5.69 Å². The Morgan fingerprint density at radius 3 is 2.48 bits per heavy atom. The van der Waals surface area contributed by atoms with Crippen LogP contribution in [-0.2, 0) is 0 Å². The number of aromatic nitrogens is 2. The zero-order chi connectivity index (χ0) is 18.8. The van der Waals surface area contributed by atoms with E-state index in [1.807, 2.05) is 91.9 Å². The third-order valence-corrected chi connectivity index (χ3v) is 4.61. The van der Waals surface area contributed by atoms with Crippen molar-refractivity contribution in [3.05, 3.63) is 105 Å². The molecule has 132 valence electrons. The fraction of sp³-hybridized carbons (Fsp3) is 0.0435. The molecule has 1 heterocycles. The molecule has 0 aliphatic heterocycles. The number of hydrogen-bond donors (Lipinski definition) is 0. The molecular formula is C23H17ClN2O. The highest BCUT2D eigenvalue weighted by molar-refractivity contribution is 6.30. The summed E-state index contributed by atoms with van der Waals surface area (Å²) in [5.41, 5.74) is 3.47. The van der Waals surface area contributed by atoms with E-state index in [0.29, 0.717) is 21.7 Å².